The van der Waals surface area contributed by atoms with Crippen LogP contribution in [0.3, 0.4) is 0 Å². The minimum Gasteiger partial charge on any atom is -0.306 e. The number of nitrogens with zero attached hydrogens (tertiary/aromatic N) is 3. The highest BCUT2D eigenvalue weighted by Crippen LogP contribution is 2.31. The normalized spacial score (nSPS) is 21.4. The summed E-state index contributed by atoms with van der Waals surface area (Å²) in [7, 11) is 2.18. The number of likely N-dealkylation sites (tertiary alicyclic amines) is 1. The zero-order valence-corrected chi connectivity index (χ0v) is 11.4. The van der Waals surface area contributed by atoms with Crippen LogP contribution in [0.25, 0.3) is 0 Å². The van der Waals surface area contributed by atoms with Crippen molar-refractivity contribution in [3.05, 3.63) is 15.6 Å². The molecule has 1 aliphatic heterocycles. The van der Waals surface area contributed by atoms with Crippen molar-refractivity contribution in [2.75, 3.05) is 20.1 Å². The zero-order valence-electron chi connectivity index (χ0n) is 10.6. The Hall–Kier alpha value is -0.920. The molecule has 1 atom stereocenters. The molecule has 1 unspecified atom stereocenters. The minimum atomic E-state index is 0.580. The van der Waals surface area contributed by atoms with Crippen molar-refractivity contribution in [3.8, 4) is 6.07 Å². The molecule has 1 aromatic rings. The maximum absolute atomic E-state index is 8.61. The Bertz CT molecular complexity index is 419. The molecule has 0 saturated carbocycles. The highest BCUT2D eigenvalue weighted by atomic mass is 32.1. The van der Waals surface area contributed by atoms with E-state index in [-0.39, 0.29) is 0 Å². The fraction of sp³-hybridized carbons (Fsp3) is 0.692. The molecular formula is C13H19N3S. The zero-order chi connectivity index (χ0) is 12.3. The summed E-state index contributed by atoms with van der Waals surface area (Å²) in [5.41, 5.74) is 1.29. The number of likely N-dealkylation sites (N-methyl/N-ethyl adjacent to an activating group) is 1. The van der Waals surface area contributed by atoms with Gasteiger partial charge in [0.05, 0.1) is 16.8 Å². The van der Waals surface area contributed by atoms with Gasteiger partial charge < -0.3 is 4.90 Å². The third kappa shape index (κ3) is 3.05. The van der Waals surface area contributed by atoms with Gasteiger partial charge in [0.15, 0.2) is 0 Å². The number of rotatable bonds is 3. The van der Waals surface area contributed by atoms with Gasteiger partial charge in [-0.1, -0.05) is 0 Å². The summed E-state index contributed by atoms with van der Waals surface area (Å²) in [5.74, 6) is 0.598. The molecule has 0 N–H and O–H groups in total. The van der Waals surface area contributed by atoms with Gasteiger partial charge in [0, 0.05) is 30.2 Å². The van der Waals surface area contributed by atoms with E-state index in [1.807, 2.05) is 0 Å². The van der Waals surface area contributed by atoms with Gasteiger partial charge in [0.1, 0.15) is 0 Å². The molecule has 2 heterocycles. The minimum absolute atomic E-state index is 0.580. The van der Waals surface area contributed by atoms with Gasteiger partial charge in [-0.05, 0) is 33.4 Å². The first-order chi connectivity index (χ1) is 8.20. The second-order valence-corrected chi connectivity index (χ2v) is 6.10. The van der Waals surface area contributed by atoms with Crippen LogP contribution in [0, 0.1) is 18.3 Å². The number of nitriles is 1. The molecule has 4 heteroatoms. The number of hydrogen-bond donors (Lipinski definition) is 0. The summed E-state index contributed by atoms with van der Waals surface area (Å²) in [6.45, 7) is 4.50. The lowest BCUT2D eigenvalue weighted by Crippen LogP contribution is -2.31. The van der Waals surface area contributed by atoms with Crippen molar-refractivity contribution in [3.63, 3.8) is 0 Å². The standard InChI is InChI=1S/C13H19N3S/c1-10-13(11-5-4-8-16(2)9-11)15-12(17-10)6-3-7-14/h11H,3-6,8-9H2,1-2H3. The van der Waals surface area contributed by atoms with Crippen LogP contribution in [0.15, 0.2) is 0 Å². The van der Waals surface area contributed by atoms with Gasteiger partial charge in [-0.2, -0.15) is 5.26 Å². The highest BCUT2D eigenvalue weighted by Gasteiger charge is 2.23. The topological polar surface area (TPSA) is 39.9 Å². The van der Waals surface area contributed by atoms with Gasteiger partial charge in [-0.3, -0.25) is 0 Å². The molecular weight excluding hydrogens is 230 g/mol. The lowest BCUT2D eigenvalue weighted by molar-refractivity contribution is 0.248. The number of aromatic nitrogens is 1. The molecule has 92 valence electrons. The van der Waals surface area contributed by atoms with Crippen LogP contribution in [0.1, 0.15) is 40.8 Å². The van der Waals surface area contributed by atoms with Crippen LogP contribution in [-0.2, 0) is 6.42 Å². The molecule has 17 heavy (non-hydrogen) atoms. The van der Waals surface area contributed by atoms with Crippen LogP contribution < -0.4 is 0 Å². The first-order valence-electron chi connectivity index (χ1n) is 6.22. The fourth-order valence-corrected chi connectivity index (χ4v) is 3.52. The summed E-state index contributed by atoms with van der Waals surface area (Å²) in [4.78, 5) is 8.48. The smallest absolute Gasteiger partial charge is 0.0941 e. The van der Waals surface area contributed by atoms with Crippen LogP contribution in [0.4, 0.5) is 0 Å². The monoisotopic (exact) mass is 249 g/mol. The predicted octanol–water partition coefficient (Wildman–Crippen LogP) is 2.72. The molecule has 0 radical (unpaired) electrons. The first-order valence-corrected chi connectivity index (χ1v) is 7.04. The van der Waals surface area contributed by atoms with Crippen LogP contribution in [0.2, 0.25) is 0 Å². The van der Waals surface area contributed by atoms with Gasteiger partial charge in [-0.15, -0.1) is 11.3 Å². The lowest BCUT2D eigenvalue weighted by atomic mass is 9.94. The van der Waals surface area contributed by atoms with Gasteiger partial charge >= 0.3 is 0 Å². The van der Waals surface area contributed by atoms with E-state index >= 15 is 0 Å². The maximum atomic E-state index is 8.61. The average Bonchev–Trinajstić information content (AvgIpc) is 2.68. The van der Waals surface area contributed by atoms with E-state index in [0.29, 0.717) is 12.3 Å². The highest BCUT2D eigenvalue weighted by molar-refractivity contribution is 7.11. The SMILES string of the molecule is Cc1sc(CCC#N)nc1C1CCCN(C)C1. The Morgan fingerprint density at radius 3 is 3.12 bits per heavy atom. The van der Waals surface area contributed by atoms with Crippen LogP contribution in [-0.4, -0.2) is 30.0 Å². The Labute approximate surface area is 107 Å². The summed E-state index contributed by atoms with van der Waals surface area (Å²) in [6, 6.07) is 2.19. The summed E-state index contributed by atoms with van der Waals surface area (Å²) < 4.78 is 0. The Kier molecular flexibility index (Phi) is 4.14. The number of thiazole rings is 1. The largest absolute Gasteiger partial charge is 0.306 e. The van der Waals surface area contributed by atoms with E-state index in [1.54, 1.807) is 11.3 Å². The molecule has 3 nitrogen and oxygen atoms in total. The van der Waals surface area contributed by atoms with E-state index in [9.17, 15) is 0 Å². The van der Waals surface area contributed by atoms with E-state index in [2.05, 4.69) is 24.9 Å². The molecule has 1 fully saturated rings. The molecule has 0 amide bonds. The second kappa shape index (κ2) is 5.61. The van der Waals surface area contributed by atoms with Crippen molar-refractivity contribution in [1.29, 1.82) is 5.26 Å². The molecule has 0 spiro atoms. The lowest BCUT2D eigenvalue weighted by Gasteiger charge is -2.29. The van der Waals surface area contributed by atoms with Crippen molar-refractivity contribution in [2.24, 2.45) is 0 Å². The van der Waals surface area contributed by atoms with Gasteiger partial charge in [-0.25, -0.2) is 4.98 Å². The van der Waals surface area contributed by atoms with Crippen molar-refractivity contribution >= 4 is 11.3 Å². The summed E-state index contributed by atoms with van der Waals surface area (Å²) in [5, 5.41) is 9.74. The molecule has 0 aliphatic carbocycles. The molecule has 1 aliphatic rings. The van der Waals surface area contributed by atoms with Crippen LogP contribution in [0.5, 0.6) is 0 Å². The Morgan fingerprint density at radius 1 is 1.59 bits per heavy atom. The third-order valence-corrected chi connectivity index (χ3v) is 4.38. The summed E-state index contributed by atoms with van der Waals surface area (Å²) in [6.07, 6.45) is 3.92. The van der Waals surface area contributed by atoms with E-state index in [4.69, 9.17) is 10.2 Å². The number of aryl methyl sites for hydroxylation is 2. The molecule has 1 aromatic heterocycles. The molecule has 1 saturated heterocycles. The Balaban J connectivity index is 2.09. The Morgan fingerprint density at radius 2 is 2.41 bits per heavy atom. The van der Waals surface area contributed by atoms with Crippen molar-refractivity contribution < 1.29 is 0 Å². The molecule has 2 rings (SSSR count). The van der Waals surface area contributed by atoms with Crippen LogP contribution >= 0.6 is 11.3 Å². The fourth-order valence-electron chi connectivity index (χ4n) is 2.50. The maximum Gasteiger partial charge on any atom is 0.0941 e. The van der Waals surface area contributed by atoms with E-state index in [0.717, 1.165) is 18.0 Å². The van der Waals surface area contributed by atoms with Gasteiger partial charge in [0.2, 0.25) is 0 Å². The molecule has 0 bridgehead atoms. The predicted molar refractivity (Wildman–Crippen MR) is 70.3 cm³/mol. The van der Waals surface area contributed by atoms with E-state index < -0.39 is 0 Å². The quantitative estimate of drug-likeness (QED) is 0.827. The van der Waals surface area contributed by atoms with Crippen molar-refractivity contribution in [2.45, 2.75) is 38.5 Å². The number of piperidine rings is 1. The average molecular weight is 249 g/mol. The summed E-state index contributed by atoms with van der Waals surface area (Å²) >= 11 is 1.77. The van der Waals surface area contributed by atoms with E-state index in [1.165, 1.54) is 30.0 Å². The number of hydrogen-bond acceptors (Lipinski definition) is 4. The second-order valence-electron chi connectivity index (χ2n) is 4.81. The van der Waals surface area contributed by atoms with Crippen molar-refractivity contribution in [1.82, 2.24) is 9.88 Å². The molecule has 0 aromatic carbocycles. The third-order valence-electron chi connectivity index (χ3n) is 3.34. The van der Waals surface area contributed by atoms with Gasteiger partial charge in [0.25, 0.3) is 0 Å². The first kappa shape index (κ1) is 12.5.